The van der Waals surface area contributed by atoms with Crippen molar-refractivity contribution in [2.75, 3.05) is 25.4 Å². The lowest BCUT2D eigenvalue weighted by Gasteiger charge is -2.18. The normalized spacial score (nSPS) is 19.6. The van der Waals surface area contributed by atoms with Gasteiger partial charge in [0, 0.05) is 36.8 Å². The summed E-state index contributed by atoms with van der Waals surface area (Å²) >= 11 is 1.44. The molecule has 38 heavy (non-hydrogen) atoms. The van der Waals surface area contributed by atoms with E-state index in [1.807, 2.05) is 43.0 Å². The molecule has 2 atom stereocenters. The molecule has 0 bridgehead atoms. The van der Waals surface area contributed by atoms with Crippen LogP contribution in [0.15, 0.2) is 36.4 Å². The average molecular weight is 554 g/mol. The van der Waals surface area contributed by atoms with Gasteiger partial charge >= 0.3 is 0 Å². The molecule has 0 saturated carbocycles. The number of sulfonamides is 1. The van der Waals surface area contributed by atoms with E-state index in [-0.39, 0.29) is 24.0 Å². The summed E-state index contributed by atoms with van der Waals surface area (Å²) < 4.78 is 34.3. The molecular formula is C27H31N5O4S2. The Morgan fingerprint density at radius 3 is 2.79 bits per heavy atom. The van der Waals surface area contributed by atoms with E-state index in [0.717, 1.165) is 40.2 Å². The SMILES string of the molecule is CC(C)Oc1ccc(-c2nnc(-c3cccc4c3CC[C@@H]4NS(=O)(=O)CCN3CC[C@H](O)C3)s2)cc1C#N. The smallest absolute Gasteiger partial charge is 0.213 e. The summed E-state index contributed by atoms with van der Waals surface area (Å²) in [7, 11) is -3.48. The molecule has 9 nitrogen and oxygen atoms in total. The molecule has 0 spiro atoms. The van der Waals surface area contributed by atoms with Crippen LogP contribution in [0, 0.1) is 11.3 Å². The second kappa shape index (κ2) is 11.1. The minimum Gasteiger partial charge on any atom is -0.490 e. The van der Waals surface area contributed by atoms with Crippen molar-refractivity contribution in [1.29, 1.82) is 5.26 Å². The van der Waals surface area contributed by atoms with Gasteiger partial charge in [-0.05, 0) is 62.4 Å². The van der Waals surface area contributed by atoms with Gasteiger partial charge in [0.05, 0.1) is 23.5 Å². The number of aliphatic hydroxyl groups is 1. The fraction of sp³-hybridized carbons (Fsp3) is 0.444. The number of fused-ring (bicyclic) bond motifs is 1. The van der Waals surface area contributed by atoms with Crippen LogP contribution < -0.4 is 9.46 Å². The van der Waals surface area contributed by atoms with Gasteiger partial charge < -0.3 is 9.84 Å². The molecule has 0 unspecified atom stereocenters. The molecule has 1 aliphatic carbocycles. The van der Waals surface area contributed by atoms with Gasteiger partial charge in [0.15, 0.2) is 0 Å². The van der Waals surface area contributed by atoms with Gasteiger partial charge in [-0.3, -0.25) is 4.90 Å². The Morgan fingerprint density at radius 2 is 2.05 bits per heavy atom. The molecule has 1 aliphatic heterocycles. The first-order chi connectivity index (χ1) is 18.2. The third kappa shape index (κ3) is 5.90. The minimum atomic E-state index is -3.48. The lowest BCUT2D eigenvalue weighted by molar-refractivity contribution is 0.178. The van der Waals surface area contributed by atoms with E-state index in [9.17, 15) is 18.8 Å². The Labute approximate surface area is 227 Å². The topological polar surface area (TPSA) is 128 Å². The fourth-order valence-electron chi connectivity index (χ4n) is 5.07. The monoisotopic (exact) mass is 553 g/mol. The maximum absolute atomic E-state index is 12.8. The number of nitrogens with one attached hydrogen (secondary N) is 1. The molecule has 2 aliphatic rings. The number of aliphatic hydroxyl groups excluding tert-OH is 1. The predicted molar refractivity (Wildman–Crippen MR) is 146 cm³/mol. The second-order valence-corrected chi connectivity index (χ2v) is 12.9. The van der Waals surface area contributed by atoms with Crippen LogP contribution in [0.5, 0.6) is 5.75 Å². The average Bonchev–Trinajstić information content (AvgIpc) is 3.63. The molecule has 2 N–H and O–H groups in total. The Kier molecular flexibility index (Phi) is 7.79. The maximum atomic E-state index is 12.8. The lowest BCUT2D eigenvalue weighted by Crippen LogP contribution is -2.35. The van der Waals surface area contributed by atoms with Crippen molar-refractivity contribution in [3.8, 4) is 33.0 Å². The highest BCUT2D eigenvalue weighted by Gasteiger charge is 2.30. The third-order valence-electron chi connectivity index (χ3n) is 6.88. The second-order valence-electron chi connectivity index (χ2n) is 10.0. The number of rotatable bonds is 9. The Bertz CT molecular complexity index is 1460. The number of hydrogen-bond acceptors (Lipinski definition) is 9. The molecule has 2 heterocycles. The molecule has 11 heteroatoms. The summed E-state index contributed by atoms with van der Waals surface area (Å²) in [5.74, 6) is 0.555. The van der Waals surface area contributed by atoms with Gasteiger partial charge in [-0.2, -0.15) is 5.26 Å². The third-order valence-corrected chi connectivity index (χ3v) is 9.25. The summed E-state index contributed by atoms with van der Waals surface area (Å²) in [6, 6.07) is 13.3. The first-order valence-electron chi connectivity index (χ1n) is 12.8. The highest BCUT2D eigenvalue weighted by atomic mass is 32.2. The number of likely N-dealkylation sites (tertiary alicyclic amines) is 1. The fourth-order valence-corrected chi connectivity index (χ4v) is 7.26. The van der Waals surface area contributed by atoms with E-state index in [1.54, 1.807) is 12.1 Å². The summed E-state index contributed by atoms with van der Waals surface area (Å²) in [6.07, 6.45) is 1.72. The Morgan fingerprint density at radius 1 is 1.24 bits per heavy atom. The van der Waals surface area contributed by atoms with Gasteiger partial charge in [0.1, 0.15) is 21.8 Å². The highest BCUT2D eigenvalue weighted by Crippen LogP contribution is 2.40. The van der Waals surface area contributed by atoms with E-state index in [1.165, 1.54) is 11.3 Å². The zero-order chi connectivity index (χ0) is 26.9. The number of ether oxygens (including phenoxy) is 1. The molecule has 1 aromatic heterocycles. The molecule has 200 valence electrons. The molecular weight excluding hydrogens is 522 g/mol. The largest absolute Gasteiger partial charge is 0.490 e. The van der Waals surface area contributed by atoms with Crippen LogP contribution in [0.3, 0.4) is 0 Å². The number of nitrogens with zero attached hydrogens (tertiary/aromatic N) is 4. The summed E-state index contributed by atoms with van der Waals surface area (Å²) in [6.45, 7) is 5.51. The standard InChI is InChI=1S/C27H31N5O4S2/c1-17(2)36-25-9-6-18(14-19(25)15-28)26-29-30-27(37-26)23-5-3-4-22-21(23)7-8-24(22)31-38(34,35)13-12-32-11-10-20(33)16-32/h3-6,9,14,17,20,24,31,33H,7-8,10-13,16H2,1-2H3/t20-,24-/m0/s1. The zero-order valence-corrected chi connectivity index (χ0v) is 23.1. The van der Waals surface area contributed by atoms with Crippen LogP contribution >= 0.6 is 11.3 Å². The van der Waals surface area contributed by atoms with Crippen molar-refractivity contribution >= 4 is 21.4 Å². The number of benzene rings is 2. The van der Waals surface area contributed by atoms with Crippen molar-refractivity contribution < 1.29 is 18.3 Å². The van der Waals surface area contributed by atoms with Crippen LogP contribution in [-0.2, 0) is 16.4 Å². The van der Waals surface area contributed by atoms with E-state index >= 15 is 0 Å². The lowest BCUT2D eigenvalue weighted by atomic mass is 10.0. The number of β-amino-alcohol motifs (C(OH)–C–C–N with tert-alkyl or cyclic N) is 1. The zero-order valence-electron chi connectivity index (χ0n) is 21.4. The summed E-state index contributed by atoms with van der Waals surface area (Å²) in [4.78, 5) is 1.99. The van der Waals surface area contributed by atoms with Crippen molar-refractivity contribution in [2.24, 2.45) is 0 Å². The molecule has 5 rings (SSSR count). The quantitative estimate of drug-likeness (QED) is 0.412. The van der Waals surface area contributed by atoms with E-state index < -0.39 is 10.0 Å². The van der Waals surface area contributed by atoms with Crippen molar-refractivity contribution in [3.05, 3.63) is 53.1 Å². The number of nitriles is 1. The van der Waals surface area contributed by atoms with Crippen molar-refractivity contribution in [2.45, 2.75) is 51.4 Å². The molecule has 1 fully saturated rings. The Balaban J connectivity index is 1.32. The minimum absolute atomic E-state index is 0.0106. The summed E-state index contributed by atoms with van der Waals surface area (Å²) in [5.41, 5.74) is 4.26. The molecule has 0 radical (unpaired) electrons. The molecule has 1 saturated heterocycles. The van der Waals surface area contributed by atoms with Gasteiger partial charge in [0.2, 0.25) is 10.0 Å². The number of aromatic nitrogens is 2. The van der Waals surface area contributed by atoms with Gasteiger partial charge in [-0.25, -0.2) is 13.1 Å². The van der Waals surface area contributed by atoms with Gasteiger partial charge in [-0.15, -0.1) is 10.2 Å². The van der Waals surface area contributed by atoms with Crippen LogP contribution in [0.4, 0.5) is 0 Å². The maximum Gasteiger partial charge on any atom is 0.213 e. The number of hydrogen-bond donors (Lipinski definition) is 2. The van der Waals surface area contributed by atoms with E-state index in [2.05, 4.69) is 21.0 Å². The van der Waals surface area contributed by atoms with Crippen molar-refractivity contribution in [1.82, 2.24) is 19.8 Å². The van der Waals surface area contributed by atoms with Crippen LogP contribution in [0.1, 0.15) is 49.4 Å². The van der Waals surface area contributed by atoms with Crippen LogP contribution in [-0.4, -0.2) is 66.2 Å². The molecule has 3 aromatic rings. The van der Waals surface area contributed by atoms with Crippen LogP contribution in [0.2, 0.25) is 0 Å². The first-order valence-corrected chi connectivity index (χ1v) is 15.3. The Hall–Kier alpha value is -2.88. The molecule has 0 amide bonds. The van der Waals surface area contributed by atoms with Crippen molar-refractivity contribution in [3.63, 3.8) is 0 Å². The molecule has 2 aromatic carbocycles. The van der Waals surface area contributed by atoms with Gasteiger partial charge in [0.25, 0.3) is 0 Å². The summed E-state index contributed by atoms with van der Waals surface area (Å²) in [5, 5.41) is 29.5. The van der Waals surface area contributed by atoms with E-state index in [0.29, 0.717) is 42.3 Å². The highest BCUT2D eigenvalue weighted by molar-refractivity contribution is 7.89. The van der Waals surface area contributed by atoms with E-state index in [4.69, 9.17) is 4.74 Å². The predicted octanol–water partition coefficient (Wildman–Crippen LogP) is 3.50. The first kappa shape index (κ1) is 26.7. The van der Waals surface area contributed by atoms with Crippen LogP contribution in [0.25, 0.3) is 21.1 Å². The van der Waals surface area contributed by atoms with Gasteiger partial charge in [-0.1, -0.05) is 29.5 Å².